The molecule has 5 nitrogen and oxygen atoms in total. The highest BCUT2D eigenvalue weighted by Crippen LogP contribution is 2.31. The van der Waals surface area contributed by atoms with Crippen LogP contribution < -0.4 is 10.6 Å². The highest BCUT2D eigenvalue weighted by atomic mass is 19.1. The molecule has 3 N–H and O–H groups in total. The fourth-order valence-electron chi connectivity index (χ4n) is 3.06. The first kappa shape index (κ1) is 18.8. The van der Waals surface area contributed by atoms with E-state index < -0.39 is 12.0 Å². The molecule has 1 aliphatic rings. The summed E-state index contributed by atoms with van der Waals surface area (Å²) in [5, 5.41) is 15.2. The molecule has 6 heteroatoms. The van der Waals surface area contributed by atoms with Gasteiger partial charge in [0.2, 0.25) is 5.91 Å². The zero-order valence-corrected chi connectivity index (χ0v) is 15.1. The minimum absolute atomic E-state index is 0.109. The first-order valence-corrected chi connectivity index (χ1v) is 8.70. The number of aryl methyl sites for hydroxylation is 1. The predicted octanol–water partition coefficient (Wildman–Crippen LogP) is 3.31. The Morgan fingerprint density at radius 1 is 1.26 bits per heavy atom. The average molecular weight is 368 g/mol. The van der Waals surface area contributed by atoms with E-state index in [9.17, 15) is 19.1 Å². The number of hydrogen-bond acceptors (Lipinski definition) is 3. The molecule has 0 saturated heterocycles. The van der Waals surface area contributed by atoms with Gasteiger partial charge in [0.1, 0.15) is 5.82 Å². The van der Waals surface area contributed by atoms with Gasteiger partial charge in [0.25, 0.3) is 5.91 Å². The van der Waals surface area contributed by atoms with Gasteiger partial charge in [-0.25, -0.2) is 4.39 Å². The first-order chi connectivity index (χ1) is 12.8. The second kappa shape index (κ2) is 7.72. The molecule has 2 aromatic carbocycles. The maximum absolute atomic E-state index is 13.2. The normalized spacial score (nSPS) is 17.7. The smallest absolute Gasteiger partial charge is 0.253 e. The monoisotopic (exact) mass is 368 g/mol. The van der Waals surface area contributed by atoms with Gasteiger partial charge in [0, 0.05) is 29.8 Å². The standard InChI is InChI=1S/C21H21FN2O3/c1-12-3-4-15(13(2)25)9-19(12)24-21(27)18-11-23-20(26)10-17(18)14-5-7-16(22)8-6-14/h3-9,11,13,17,25H,10H2,1-2H3,(H,23,26)(H,24,27)/t13-,17-/m0/s1. The van der Waals surface area contributed by atoms with Crippen molar-refractivity contribution in [2.75, 3.05) is 5.32 Å². The molecule has 0 radical (unpaired) electrons. The van der Waals surface area contributed by atoms with Gasteiger partial charge in [-0.2, -0.15) is 0 Å². The van der Waals surface area contributed by atoms with Crippen LogP contribution in [0.15, 0.2) is 54.2 Å². The zero-order valence-electron chi connectivity index (χ0n) is 15.1. The topological polar surface area (TPSA) is 78.4 Å². The summed E-state index contributed by atoms with van der Waals surface area (Å²) in [5.41, 5.74) is 3.22. The number of benzene rings is 2. The predicted molar refractivity (Wildman–Crippen MR) is 100 cm³/mol. The lowest BCUT2D eigenvalue weighted by Crippen LogP contribution is -2.32. The largest absolute Gasteiger partial charge is 0.389 e. The minimum atomic E-state index is -0.651. The van der Waals surface area contributed by atoms with E-state index in [4.69, 9.17) is 0 Å². The molecular weight excluding hydrogens is 347 g/mol. The third kappa shape index (κ3) is 4.23. The highest BCUT2D eigenvalue weighted by Gasteiger charge is 2.29. The van der Waals surface area contributed by atoms with Crippen molar-refractivity contribution in [3.8, 4) is 0 Å². The van der Waals surface area contributed by atoms with Crippen LogP contribution in [0.25, 0.3) is 0 Å². The molecule has 1 heterocycles. The van der Waals surface area contributed by atoms with Crippen LogP contribution in [0.2, 0.25) is 0 Å². The van der Waals surface area contributed by atoms with Crippen LogP contribution in [0, 0.1) is 12.7 Å². The third-order valence-electron chi connectivity index (χ3n) is 4.68. The van der Waals surface area contributed by atoms with Crippen molar-refractivity contribution in [1.29, 1.82) is 0 Å². The molecule has 0 spiro atoms. The number of aliphatic hydroxyl groups is 1. The Bertz CT molecular complexity index is 904. The van der Waals surface area contributed by atoms with Crippen LogP contribution in [0.5, 0.6) is 0 Å². The number of amides is 2. The fourth-order valence-corrected chi connectivity index (χ4v) is 3.06. The maximum Gasteiger partial charge on any atom is 0.253 e. The summed E-state index contributed by atoms with van der Waals surface area (Å²) >= 11 is 0. The Hall–Kier alpha value is -2.99. The second-order valence-corrected chi connectivity index (χ2v) is 6.68. The van der Waals surface area contributed by atoms with Crippen LogP contribution in [0.1, 0.15) is 42.1 Å². The van der Waals surface area contributed by atoms with Crippen LogP contribution in [0.4, 0.5) is 10.1 Å². The summed E-state index contributed by atoms with van der Waals surface area (Å²) < 4.78 is 13.2. The van der Waals surface area contributed by atoms with E-state index in [-0.39, 0.29) is 24.1 Å². The van der Waals surface area contributed by atoms with Crippen LogP contribution in [-0.2, 0) is 9.59 Å². The Labute approximate surface area is 156 Å². The molecule has 2 atom stereocenters. The van der Waals surface area contributed by atoms with E-state index in [2.05, 4.69) is 10.6 Å². The number of carbonyl (C=O) groups excluding carboxylic acids is 2. The van der Waals surface area contributed by atoms with Gasteiger partial charge in [0.15, 0.2) is 0 Å². The fraction of sp³-hybridized carbons (Fsp3) is 0.238. The second-order valence-electron chi connectivity index (χ2n) is 6.68. The molecule has 0 unspecified atom stereocenters. The number of rotatable bonds is 4. The number of carbonyl (C=O) groups is 2. The maximum atomic E-state index is 13.2. The van der Waals surface area contributed by atoms with E-state index in [0.29, 0.717) is 22.4 Å². The molecular formula is C21H21FN2O3. The van der Waals surface area contributed by atoms with Gasteiger partial charge in [-0.15, -0.1) is 0 Å². The molecule has 0 saturated carbocycles. The van der Waals surface area contributed by atoms with Gasteiger partial charge in [-0.05, 0) is 48.7 Å². The Kier molecular flexibility index (Phi) is 5.37. The summed E-state index contributed by atoms with van der Waals surface area (Å²) in [5.74, 6) is -1.39. The number of aliphatic hydroxyl groups excluding tert-OH is 1. The molecule has 0 fully saturated rings. The van der Waals surface area contributed by atoms with Gasteiger partial charge in [-0.1, -0.05) is 24.3 Å². The number of anilines is 1. The lowest BCUT2D eigenvalue weighted by atomic mass is 9.86. The molecule has 2 amide bonds. The summed E-state index contributed by atoms with van der Waals surface area (Å²) in [6, 6.07) is 11.1. The van der Waals surface area contributed by atoms with Gasteiger partial charge < -0.3 is 15.7 Å². The van der Waals surface area contributed by atoms with E-state index in [1.54, 1.807) is 31.2 Å². The summed E-state index contributed by atoms with van der Waals surface area (Å²) in [7, 11) is 0. The van der Waals surface area contributed by atoms with Crippen LogP contribution in [-0.4, -0.2) is 16.9 Å². The summed E-state index contributed by atoms with van der Waals surface area (Å²) in [6.45, 7) is 3.51. The van der Waals surface area contributed by atoms with Crippen molar-refractivity contribution in [3.05, 3.63) is 76.7 Å². The van der Waals surface area contributed by atoms with Crippen molar-refractivity contribution in [3.63, 3.8) is 0 Å². The van der Waals surface area contributed by atoms with Crippen molar-refractivity contribution < 1.29 is 19.1 Å². The van der Waals surface area contributed by atoms with Gasteiger partial charge in [0.05, 0.1) is 6.10 Å². The van der Waals surface area contributed by atoms with Gasteiger partial charge in [-0.3, -0.25) is 9.59 Å². The summed E-state index contributed by atoms with van der Waals surface area (Å²) in [4.78, 5) is 24.7. The Morgan fingerprint density at radius 2 is 1.96 bits per heavy atom. The molecule has 0 aromatic heterocycles. The SMILES string of the molecule is Cc1ccc([C@H](C)O)cc1NC(=O)C1=CNC(=O)C[C@H]1c1ccc(F)cc1. The number of hydrogen-bond donors (Lipinski definition) is 3. The number of halogens is 1. The zero-order chi connectivity index (χ0) is 19.6. The molecule has 27 heavy (non-hydrogen) atoms. The quantitative estimate of drug-likeness (QED) is 0.775. The van der Waals surface area contributed by atoms with Crippen molar-refractivity contribution >= 4 is 17.5 Å². The average Bonchev–Trinajstić information content (AvgIpc) is 2.63. The molecule has 2 aromatic rings. The van der Waals surface area contributed by atoms with Gasteiger partial charge >= 0.3 is 0 Å². The number of nitrogens with one attached hydrogen (secondary N) is 2. The van der Waals surface area contributed by atoms with E-state index >= 15 is 0 Å². The van der Waals surface area contributed by atoms with E-state index in [0.717, 1.165) is 5.56 Å². The molecule has 3 rings (SSSR count). The van der Waals surface area contributed by atoms with Crippen LogP contribution >= 0.6 is 0 Å². The van der Waals surface area contributed by atoms with E-state index in [1.807, 2.05) is 13.0 Å². The first-order valence-electron chi connectivity index (χ1n) is 8.70. The molecule has 0 aliphatic carbocycles. The van der Waals surface area contributed by atoms with Crippen molar-refractivity contribution in [2.24, 2.45) is 0 Å². The van der Waals surface area contributed by atoms with E-state index in [1.165, 1.54) is 18.3 Å². The highest BCUT2D eigenvalue weighted by molar-refractivity contribution is 6.06. The lowest BCUT2D eigenvalue weighted by Gasteiger charge is -2.24. The third-order valence-corrected chi connectivity index (χ3v) is 4.68. The molecule has 0 bridgehead atoms. The van der Waals surface area contributed by atoms with Crippen molar-refractivity contribution in [1.82, 2.24) is 5.32 Å². The van der Waals surface area contributed by atoms with Crippen LogP contribution in [0.3, 0.4) is 0 Å². The van der Waals surface area contributed by atoms with Crippen molar-refractivity contribution in [2.45, 2.75) is 32.3 Å². The molecule has 140 valence electrons. The molecule has 1 aliphatic heterocycles. The summed E-state index contributed by atoms with van der Waals surface area (Å²) in [6.07, 6.45) is 0.863. The Balaban J connectivity index is 1.89. The minimum Gasteiger partial charge on any atom is -0.389 e. The Morgan fingerprint density at radius 3 is 2.63 bits per heavy atom. The lowest BCUT2D eigenvalue weighted by molar-refractivity contribution is -0.121.